The quantitative estimate of drug-likeness (QED) is 0.501. The van der Waals surface area contributed by atoms with E-state index in [4.69, 9.17) is 12.2 Å². The molecule has 5 heteroatoms. The minimum absolute atomic E-state index is 0.117. The number of H-pyrrole nitrogens is 1. The van der Waals surface area contributed by atoms with Gasteiger partial charge in [-0.1, -0.05) is 76.2 Å². The van der Waals surface area contributed by atoms with Gasteiger partial charge in [-0.2, -0.15) is 14.9 Å². The lowest BCUT2D eigenvalue weighted by Crippen LogP contribution is -2.10. The van der Waals surface area contributed by atoms with Gasteiger partial charge in [-0.25, -0.2) is 5.10 Å². The van der Waals surface area contributed by atoms with Crippen molar-refractivity contribution < 1.29 is 0 Å². The Bertz CT molecular complexity index is 955. The minimum atomic E-state index is 0.117. The van der Waals surface area contributed by atoms with Crippen molar-refractivity contribution in [3.63, 3.8) is 0 Å². The molecule has 3 rings (SSSR count). The van der Waals surface area contributed by atoms with Crippen LogP contribution in [0.2, 0.25) is 0 Å². The molecule has 26 heavy (non-hydrogen) atoms. The fraction of sp³-hybridized carbons (Fsp3) is 0.286. The molecule has 1 aromatic heterocycles. The lowest BCUT2D eigenvalue weighted by Gasteiger charge is -2.18. The predicted molar refractivity (Wildman–Crippen MR) is 110 cm³/mol. The summed E-state index contributed by atoms with van der Waals surface area (Å²) in [6.45, 7) is 8.75. The third kappa shape index (κ3) is 3.99. The lowest BCUT2D eigenvalue weighted by molar-refractivity contribution is 0.590. The fourth-order valence-electron chi connectivity index (χ4n) is 2.67. The molecule has 2 aromatic carbocycles. The average Bonchev–Trinajstić information content (AvgIpc) is 3.00. The zero-order chi connectivity index (χ0) is 18.7. The van der Waals surface area contributed by atoms with Crippen LogP contribution in [0.1, 0.15) is 44.4 Å². The number of rotatable bonds is 4. The molecule has 0 bridgehead atoms. The van der Waals surface area contributed by atoms with E-state index in [-0.39, 0.29) is 5.41 Å². The van der Waals surface area contributed by atoms with Gasteiger partial charge in [0.1, 0.15) is 0 Å². The van der Waals surface area contributed by atoms with E-state index in [1.54, 1.807) is 10.9 Å². The largest absolute Gasteiger partial charge is 0.250 e. The van der Waals surface area contributed by atoms with Crippen molar-refractivity contribution in [2.45, 2.75) is 39.5 Å². The van der Waals surface area contributed by atoms with E-state index in [1.165, 1.54) is 11.1 Å². The molecule has 0 unspecified atom stereocenters. The molecule has 0 aliphatic heterocycles. The monoisotopic (exact) mass is 364 g/mol. The Morgan fingerprint density at radius 1 is 1.08 bits per heavy atom. The van der Waals surface area contributed by atoms with Crippen LogP contribution >= 0.6 is 12.2 Å². The van der Waals surface area contributed by atoms with Crippen LogP contribution in [0, 0.1) is 4.77 Å². The van der Waals surface area contributed by atoms with Gasteiger partial charge in [0.2, 0.25) is 4.77 Å². The second kappa shape index (κ2) is 7.38. The predicted octanol–water partition coefficient (Wildman–Crippen LogP) is 5.35. The van der Waals surface area contributed by atoms with E-state index >= 15 is 0 Å². The second-order valence-corrected chi connectivity index (χ2v) is 7.72. The number of benzene rings is 2. The summed E-state index contributed by atoms with van der Waals surface area (Å²) >= 11 is 5.34. The van der Waals surface area contributed by atoms with Gasteiger partial charge in [-0.15, -0.1) is 0 Å². The Hall–Kier alpha value is -2.53. The number of nitrogens with zero attached hydrogens (tertiary/aromatic N) is 3. The van der Waals surface area contributed by atoms with E-state index in [9.17, 15) is 0 Å². The lowest BCUT2D eigenvalue weighted by atomic mass is 9.87. The third-order valence-corrected chi connectivity index (χ3v) is 4.63. The number of aryl methyl sites for hydroxylation is 1. The van der Waals surface area contributed by atoms with Gasteiger partial charge in [0, 0.05) is 5.56 Å². The maximum absolute atomic E-state index is 5.34. The normalized spacial score (nSPS) is 12.0. The van der Waals surface area contributed by atoms with E-state index in [0.29, 0.717) is 10.6 Å². The van der Waals surface area contributed by atoms with E-state index in [2.05, 4.69) is 91.5 Å². The van der Waals surface area contributed by atoms with Crippen molar-refractivity contribution in [3.05, 3.63) is 70.0 Å². The molecule has 0 aliphatic carbocycles. The molecule has 1 N–H and O–H groups in total. The first-order valence-electron chi connectivity index (χ1n) is 8.80. The molecular weight excluding hydrogens is 340 g/mol. The zero-order valence-corrected chi connectivity index (χ0v) is 16.5. The van der Waals surface area contributed by atoms with Gasteiger partial charge in [0.05, 0.1) is 6.21 Å². The molecule has 4 nitrogen and oxygen atoms in total. The molecule has 0 fully saturated rings. The van der Waals surface area contributed by atoms with Crippen LogP contribution in [-0.2, 0) is 11.8 Å². The van der Waals surface area contributed by atoms with Gasteiger partial charge in [-0.05, 0) is 40.7 Å². The summed E-state index contributed by atoms with van der Waals surface area (Å²) in [6.07, 6.45) is 2.83. The van der Waals surface area contributed by atoms with Crippen LogP contribution < -0.4 is 0 Å². The zero-order valence-electron chi connectivity index (χ0n) is 15.7. The standard InChI is InChI=1S/C21H24N4S/c1-5-15-6-8-16(9-7-15)14-22-25-19(23-24-20(25)26)17-10-12-18(13-11-17)21(2,3)4/h6-14H,5H2,1-4H3,(H,24,26)/b22-14+. The molecule has 1 heterocycles. The first-order chi connectivity index (χ1) is 12.4. The Morgan fingerprint density at radius 2 is 1.73 bits per heavy atom. The second-order valence-electron chi connectivity index (χ2n) is 7.33. The summed E-state index contributed by atoms with van der Waals surface area (Å²) < 4.78 is 2.14. The van der Waals surface area contributed by atoms with E-state index in [0.717, 1.165) is 17.5 Å². The number of aromatic amines is 1. The summed E-state index contributed by atoms with van der Waals surface area (Å²) in [5, 5.41) is 11.7. The number of aromatic nitrogens is 3. The molecule has 0 radical (unpaired) electrons. The molecule has 3 aromatic rings. The third-order valence-electron chi connectivity index (χ3n) is 4.37. The fourth-order valence-corrected chi connectivity index (χ4v) is 2.85. The Kier molecular flexibility index (Phi) is 5.18. The van der Waals surface area contributed by atoms with Gasteiger partial charge >= 0.3 is 0 Å². The summed E-state index contributed by atoms with van der Waals surface area (Å²) in [5.41, 5.74) is 4.71. The van der Waals surface area contributed by atoms with E-state index in [1.807, 2.05) is 0 Å². The summed E-state index contributed by atoms with van der Waals surface area (Å²) in [5.74, 6) is 0.705. The molecule has 0 saturated heterocycles. The maximum Gasteiger partial charge on any atom is 0.216 e. The first kappa shape index (κ1) is 18.3. The topological polar surface area (TPSA) is 46.0 Å². The number of nitrogens with one attached hydrogen (secondary N) is 1. The highest BCUT2D eigenvalue weighted by atomic mass is 32.1. The molecule has 0 atom stereocenters. The first-order valence-corrected chi connectivity index (χ1v) is 9.21. The Labute approximate surface area is 159 Å². The summed E-state index contributed by atoms with van der Waals surface area (Å²) in [6, 6.07) is 16.7. The van der Waals surface area contributed by atoms with Crippen molar-refractivity contribution in [2.75, 3.05) is 0 Å². The average molecular weight is 365 g/mol. The van der Waals surface area contributed by atoms with Crippen molar-refractivity contribution in [2.24, 2.45) is 5.10 Å². The molecule has 0 amide bonds. The molecule has 0 saturated carbocycles. The van der Waals surface area contributed by atoms with Crippen molar-refractivity contribution >= 4 is 18.4 Å². The van der Waals surface area contributed by atoms with E-state index < -0.39 is 0 Å². The highest BCUT2D eigenvalue weighted by Gasteiger charge is 2.14. The highest BCUT2D eigenvalue weighted by Crippen LogP contribution is 2.25. The summed E-state index contributed by atoms with van der Waals surface area (Å²) in [7, 11) is 0. The van der Waals surface area contributed by atoms with Crippen molar-refractivity contribution in [3.8, 4) is 11.4 Å². The van der Waals surface area contributed by atoms with Gasteiger partial charge in [0.15, 0.2) is 5.82 Å². The molecule has 0 spiro atoms. The van der Waals surface area contributed by atoms with Gasteiger partial charge in [-0.3, -0.25) is 0 Å². The minimum Gasteiger partial charge on any atom is -0.250 e. The number of hydrogen-bond acceptors (Lipinski definition) is 3. The van der Waals surface area contributed by atoms with Crippen LogP contribution in [0.25, 0.3) is 11.4 Å². The molecular formula is C21H24N4S. The molecule has 0 aliphatic rings. The summed E-state index contributed by atoms with van der Waals surface area (Å²) in [4.78, 5) is 0. The molecule has 134 valence electrons. The van der Waals surface area contributed by atoms with Crippen LogP contribution in [0.3, 0.4) is 0 Å². The smallest absolute Gasteiger partial charge is 0.216 e. The van der Waals surface area contributed by atoms with Crippen LogP contribution in [0.15, 0.2) is 53.6 Å². The van der Waals surface area contributed by atoms with Crippen LogP contribution in [0.5, 0.6) is 0 Å². The van der Waals surface area contributed by atoms with Crippen LogP contribution in [0.4, 0.5) is 0 Å². The van der Waals surface area contributed by atoms with Crippen molar-refractivity contribution in [1.82, 2.24) is 14.9 Å². The van der Waals surface area contributed by atoms with Crippen molar-refractivity contribution in [1.29, 1.82) is 0 Å². The Balaban J connectivity index is 1.91. The maximum atomic E-state index is 5.34. The van der Waals surface area contributed by atoms with Gasteiger partial charge < -0.3 is 0 Å². The van der Waals surface area contributed by atoms with Gasteiger partial charge in [0.25, 0.3) is 0 Å². The van der Waals surface area contributed by atoms with Crippen LogP contribution in [-0.4, -0.2) is 21.1 Å². The Morgan fingerprint density at radius 3 is 2.31 bits per heavy atom. The SMILES string of the molecule is CCc1ccc(/C=N/n2c(-c3ccc(C(C)(C)C)cc3)n[nH]c2=S)cc1. The number of hydrogen-bond donors (Lipinski definition) is 1. The highest BCUT2D eigenvalue weighted by molar-refractivity contribution is 7.71.